The van der Waals surface area contributed by atoms with Gasteiger partial charge in [-0.2, -0.15) is 0 Å². The Morgan fingerprint density at radius 3 is 2.78 bits per heavy atom. The van der Waals surface area contributed by atoms with E-state index < -0.39 is 10.8 Å². The molecule has 140 valence electrons. The third-order valence-electron chi connectivity index (χ3n) is 4.52. The number of fused-ring (bicyclic) bond motifs is 1. The lowest BCUT2D eigenvalue weighted by atomic mass is 10.1. The summed E-state index contributed by atoms with van der Waals surface area (Å²) in [5.41, 5.74) is 2.10. The molecular weight excluding hydrogens is 350 g/mol. The number of rotatable bonds is 6. The van der Waals surface area contributed by atoms with E-state index in [9.17, 15) is 19.7 Å². The number of nitrogens with zero attached hydrogens (tertiary/aromatic N) is 1. The predicted molar refractivity (Wildman–Crippen MR) is 97.6 cm³/mol. The number of hydrogen-bond acceptors (Lipinski definition) is 5. The number of amides is 2. The molecule has 1 atom stereocenters. The summed E-state index contributed by atoms with van der Waals surface area (Å²) in [6.45, 7) is -0.211. The van der Waals surface area contributed by atoms with Crippen LogP contribution in [-0.2, 0) is 11.2 Å². The number of ether oxygens (including phenoxy) is 1. The fourth-order valence-corrected chi connectivity index (χ4v) is 3.19. The number of hydrogen-bond donors (Lipinski definition) is 2. The smallest absolute Gasteiger partial charge is 0.311 e. The molecule has 27 heavy (non-hydrogen) atoms. The van der Waals surface area contributed by atoms with Crippen molar-refractivity contribution < 1.29 is 19.2 Å². The van der Waals surface area contributed by atoms with Crippen molar-refractivity contribution in [2.75, 3.05) is 13.7 Å². The van der Waals surface area contributed by atoms with Gasteiger partial charge in [0.15, 0.2) is 5.75 Å². The van der Waals surface area contributed by atoms with Crippen molar-refractivity contribution in [1.29, 1.82) is 0 Å². The highest BCUT2D eigenvalue weighted by Gasteiger charge is 2.24. The standard InChI is InChI=1S/C19H19N3O5/c1-27-17-9-7-13(10-16(17)22(25)26)19(24)20-11-18(23)21-15-8-6-12-4-2-3-5-14(12)15/h2-5,7,9-10,15H,6,8,11H2,1H3,(H,20,24)(H,21,23). The summed E-state index contributed by atoms with van der Waals surface area (Å²) in [7, 11) is 1.31. The van der Waals surface area contributed by atoms with Gasteiger partial charge >= 0.3 is 5.69 Å². The van der Waals surface area contributed by atoms with Crippen LogP contribution in [0.25, 0.3) is 0 Å². The van der Waals surface area contributed by atoms with E-state index in [0.29, 0.717) is 0 Å². The summed E-state index contributed by atoms with van der Waals surface area (Å²) < 4.78 is 4.91. The highest BCUT2D eigenvalue weighted by Crippen LogP contribution is 2.30. The molecular formula is C19H19N3O5. The molecule has 0 spiro atoms. The van der Waals surface area contributed by atoms with Crippen LogP contribution in [0.4, 0.5) is 5.69 Å². The van der Waals surface area contributed by atoms with Gasteiger partial charge < -0.3 is 15.4 Å². The maximum Gasteiger partial charge on any atom is 0.311 e. The molecule has 8 heteroatoms. The Morgan fingerprint density at radius 1 is 1.26 bits per heavy atom. The Hall–Kier alpha value is -3.42. The van der Waals surface area contributed by atoms with Crippen molar-refractivity contribution in [2.24, 2.45) is 0 Å². The quantitative estimate of drug-likeness (QED) is 0.599. The Balaban J connectivity index is 1.59. The predicted octanol–water partition coefficient (Wildman–Crippen LogP) is 2.14. The van der Waals surface area contributed by atoms with E-state index in [1.807, 2.05) is 24.3 Å². The van der Waals surface area contributed by atoms with Gasteiger partial charge in [0.25, 0.3) is 5.91 Å². The summed E-state index contributed by atoms with van der Waals surface area (Å²) >= 11 is 0. The number of methoxy groups -OCH3 is 1. The van der Waals surface area contributed by atoms with Crippen LogP contribution >= 0.6 is 0 Å². The Labute approximate surface area is 155 Å². The summed E-state index contributed by atoms with van der Waals surface area (Å²) in [6.07, 6.45) is 1.73. The van der Waals surface area contributed by atoms with Gasteiger partial charge in [-0.1, -0.05) is 24.3 Å². The minimum Gasteiger partial charge on any atom is -0.490 e. The fraction of sp³-hybridized carbons (Fsp3) is 0.263. The van der Waals surface area contributed by atoms with Crippen LogP contribution in [0.1, 0.15) is 33.9 Å². The van der Waals surface area contributed by atoms with E-state index in [2.05, 4.69) is 10.6 Å². The third-order valence-corrected chi connectivity index (χ3v) is 4.52. The number of carbonyl (C=O) groups excluding carboxylic acids is 2. The monoisotopic (exact) mass is 369 g/mol. The van der Waals surface area contributed by atoms with Crippen LogP contribution in [0.5, 0.6) is 5.75 Å². The first-order valence-corrected chi connectivity index (χ1v) is 8.47. The lowest BCUT2D eigenvalue weighted by Gasteiger charge is -2.14. The number of benzene rings is 2. The number of nitrogens with one attached hydrogen (secondary N) is 2. The molecule has 2 aromatic rings. The normalized spacial score (nSPS) is 14.9. The van der Waals surface area contributed by atoms with Crippen LogP contribution in [0.3, 0.4) is 0 Å². The third kappa shape index (κ3) is 4.05. The summed E-state index contributed by atoms with van der Waals surface area (Å²) in [4.78, 5) is 34.8. The maximum atomic E-state index is 12.2. The first-order chi connectivity index (χ1) is 13.0. The highest BCUT2D eigenvalue weighted by atomic mass is 16.6. The van der Waals surface area contributed by atoms with Crippen LogP contribution in [0.2, 0.25) is 0 Å². The van der Waals surface area contributed by atoms with Gasteiger partial charge in [0.05, 0.1) is 24.6 Å². The van der Waals surface area contributed by atoms with Gasteiger partial charge in [-0.25, -0.2) is 0 Å². The zero-order chi connectivity index (χ0) is 19.4. The summed E-state index contributed by atoms with van der Waals surface area (Å²) in [6, 6.07) is 11.8. The molecule has 1 unspecified atom stereocenters. The Morgan fingerprint density at radius 2 is 2.04 bits per heavy atom. The van der Waals surface area contributed by atoms with Crippen molar-refractivity contribution in [1.82, 2.24) is 10.6 Å². The zero-order valence-corrected chi connectivity index (χ0v) is 14.7. The first kappa shape index (κ1) is 18.4. The Bertz CT molecular complexity index is 897. The van der Waals surface area contributed by atoms with Gasteiger partial charge in [-0.15, -0.1) is 0 Å². The molecule has 0 bridgehead atoms. The number of carbonyl (C=O) groups is 2. The van der Waals surface area contributed by atoms with Crippen LogP contribution in [0, 0.1) is 10.1 Å². The van der Waals surface area contributed by atoms with E-state index >= 15 is 0 Å². The van der Waals surface area contributed by atoms with Crippen molar-refractivity contribution >= 4 is 17.5 Å². The Kier molecular flexibility index (Phi) is 5.35. The first-order valence-electron chi connectivity index (χ1n) is 8.47. The van der Waals surface area contributed by atoms with Gasteiger partial charge in [-0.3, -0.25) is 19.7 Å². The average molecular weight is 369 g/mol. The van der Waals surface area contributed by atoms with Gasteiger partial charge in [-0.05, 0) is 36.1 Å². The molecule has 8 nitrogen and oxygen atoms in total. The lowest BCUT2D eigenvalue weighted by molar-refractivity contribution is -0.385. The largest absolute Gasteiger partial charge is 0.490 e. The SMILES string of the molecule is COc1ccc(C(=O)NCC(=O)NC2CCc3ccccc32)cc1[N+](=O)[O-]. The molecule has 0 saturated heterocycles. The molecule has 0 fully saturated rings. The van der Waals surface area contributed by atoms with Crippen molar-refractivity contribution in [3.63, 3.8) is 0 Å². The van der Waals surface area contributed by atoms with Gasteiger partial charge in [0, 0.05) is 11.6 Å². The molecule has 0 aliphatic heterocycles. The molecule has 1 aliphatic carbocycles. The molecule has 1 aliphatic rings. The van der Waals surface area contributed by atoms with E-state index in [-0.39, 0.29) is 35.5 Å². The van der Waals surface area contributed by atoms with E-state index in [1.165, 1.54) is 24.8 Å². The second-order valence-electron chi connectivity index (χ2n) is 6.18. The van der Waals surface area contributed by atoms with Gasteiger partial charge in [0.1, 0.15) is 0 Å². The number of nitro benzene ring substituents is 1. The molecule has 0 radical (unpaired) electrons. The van der Waals surface area contributed by atoms with E-state index in [4.69, 9.17) is 4.74 Å². The second kappa shape index (κ2) is 7.86. The van der Waals surface area contributed by atoms with E-state index in [1.54, 1.807) is 0 Å². The van der Waals surface area contributed by atoms with Crippen molar-refractivity contribution in [2.45, 2.75) is 18.9 Å². The zero-order valence-electron chi connectivity index (χ0n) is 14.7. The molecule has 2 aromatic carbocycles. The summed E-state index contributed by atoms with van der Waals surface area (Å²) in [5.74, 6) is -0.815. The average Bonchev–Trinajstić information content (AvgIpc) is 3.08. The van der Waals surface area contributed by atoms with Gasteiger partial charge in [0.2, 0.25) is 5.91 Å². The van der Waals surface area contributed by atoms with E-state index in [0.717, 1.165) is 24.5 Å². The van der Waals surface area contributed by atoms with Crippen LogP contribution in [0.15, 0.2) is 42.5 Å². The van der Waals surface area contributed by atoms with Crippen LogP contribution in [-0.4, -0.2) is 30.4 Å². The molecule has 2 amide bonds. The second-order valence-corrected chi connectivity index (χ2v) is 6.18. The molecule has 3 rings (SSSR count). The minimum atomic E-state index is -0.625. The fourth-order valence-electron chi connectivity index (χ4n) is 3.19. The number of aryl methyl sites for hydroxylation is 1. The molecule has 0 saturated carbocycles. The van der Waals surface area contributed by atoms with Crippen molar-refractivity contribution in [3.05, 3.63) is 69.3 Å². The molecule has 0 aromatic heterocycles. The highest BCUT2D eigenvalue weighted by molar-refractivity contribution is 5.97. The molecule has 2 N–H and O–H groups in total. The van der Waals surface area contributed by atoms with Crippen molar-refractivity contribution in [3.8, 4) is 5.75 Å². The minimum absolute atomic E-state index is 0.0623. The topological polar surface area (TPSA) is 111 Å². The lowest BCUT2D eigenvalue weighted by Crippen LogP contribution is -2.38. The summed E-state index contributed by atoms with van der Waals surface area (Å²) in [5, 5.41) is 16.4. The maximum absolute atomic E-state index is 12.2. The van der Waals surface area contributed by atoms with Crippen LogP contribution < -0.4 is 15.4 Å². The molecule has 0 heterocycles. The number of nitro groups is 1.